The van der Waals surface area contributed by atoms with Crippen molar-refractivity contribution < 1.29 is 4.74 Å². The summed E-state index contributed by atoms with van der Waals surface area (Å²) in [6.45, 7) is 3.20. The second kappa shape index (κ2) is 9.18. The number of fused-ring (bicyclic) bond motifs is 3. The second-order valence-corrected chi connectivity index (χ2v) is 9.27. The second-order valence-electron chi connectivity index (χ2n) is 7.41. The lowest BCUT2D eigenvalue weighted by molar-refractivity contribution is 0.317. The molecule has 8 heteroatoms. The van der Waals surface area contributed by atoms with E-state index >= 15 is 0 Å². The molecule has 0 N–H and O–H groups in total. The summed E-state index contributed by atoms with van der Waals surface area (Å²) in [6.07, 6.45) is 0.966. The van der Waals surface area contributed by atoms with Crippen molar-refractivity contribution >= 4 is 39.1 Å². The number of aromatic nitrogens is 4. The molecule has 0 aliphatic carbocycles. The number of benzene rings is 2. The van der Waals surface area contributed by atoms with Gasteiger partial charge in [-0.05, 0) is 41.1 Å². The van der Waals surface area contributed by atoms with Crippen LogP contribution in [0.15, 0.2) is 76.0 Å². The molecule has 0 amide bonds. The highest BCUT2D eigenvalue weighted by Crippen LogP contribution is 2.27. The number of ether oxygens (including phenoxy) is 1. The van der Waals surface area contributed by atoms with Gasteiger partial charge >= 0.3 is 0 Å². The highest BCUT2D eigenvalue weighted by atomic mass is 32.2. The highest BCUT2D eigenvalue weighted by molar-refractivity contribution is 7.98. The molecule has 32 heavy (non-hydrogen) atoms. The topological polar surface area (TPSA) is 61.4 Å². The third kappa shape index (κ3) is 4.03. The van der Waals surface area contributed by atoms with E-state index in [0.717, 1.165) is 34.2 Å². The van der Waals surface area contributed by atoms with Crippen LogP contribution >= 0.6 is 23.1 Å². The molecule has 0 saturated heterocycles. The van der Waals surface area contributed by atoms with E-state index in [-0.39, 0.29) is 5.56 Å². The van der Waals surface area contributed by atoms with Crippen molar-refractivity contribution in [3.05, 3.63) is 87.5 Å². The Morgan fingerprint density at radius 3 is 2.59 bits per heavy atom. The number of nitrogens with zero attached hydrogens (tertiary/aromatic N) is 4. The van der Waals surface area contributed by atoms with Gasteiger partial charge in [0.15, 0.2) is 5.16 Å². The number of rotatable bonds is 8. The first-order chi connectivity index (χ1) is 15.7. The molecule has 6 nitrogen and oxygen atoms in total. The van der Waals surface area contributed by atoms with Gasteiger partial charge in [-0.2, -0.15) is 0 Å². The predicted molar refractivity (Wildman–Crippen MR) is 130 cm³/mol. The Bertz CT molecular complexity index is 1410. The lowest BCUT2D eigenvalue weighted by atomic mass is 10.2. The molecule has 5 aromatic rings. The molecular formula is C24H22N4O2S2. The van der Waals surface area contributed by atoms with Gasteiger partial charge in [0.1, 0.15) is 10.4 Å². The summed E-state index contributed by atoms with van der Waals surface area (Å²) in [5.74, 6) is 2.18. The summed E-state index contributed by atoms with van der Waals surface area (Å²) in [5.41, 5.74) is 3.04. The van der Waals surface area contributed by atoms with Crippen LogP contribution < -0.4 is 10.3 Å². The van der Waals surface area contributed by atoms with Crippen LogP contribution in [0.4, 0.5) is 0 Å². The maximum absolute atomic E-state index is 13.3. The lowest BCUT2D eigenvalue weighted by Gasteiger charge is -2.10. The average Bonchev–Trinajstić information content (AvgIpc) is 3.48. The molecule has 0 atom stereocenters. The molecule has 162 valence electrons. The SMILES string of the molecule is CCCOc1ccc(Cn2c(=O)c3sccc3n3c(SCc4ccccc4)nnc23)cc1. The van der Waals surface area contributed by atoms with Gasteiger partial charge in [-0.15, -0.1) is 21.5 Å². The van der Waals surface area contributed by atoms with Gasteiger partial charge < -0.3 is 4.74 Å². The van der Waals surface area contributed by atoms with Gasteiger partial charge in [-0.25, -0.2) is 0 Å². The van der Waals surface area contributed by atoms with Crippen molar-refractivity contribution in [2.75, 3.05) is 6.61 Å². The molecule has 3 aromatic heterocycles. The average molecular weight is 463 g/mol. The molecule has 2 aromatic carbocycles. The molecule has 0 aliphatic heterocycles. The van der Waals surface area contributed by atoms with Gasteiger partial charge in [0, 0.05) is 5.75 Å². The van der Waals surface area contributed by atoms with Gasteiger partial charge in [-0.1, -0.05) is 61.2 Å². The molecule has 5 rings (SSSR count). The van der Waals surface area contributed by atoms with E-state index in [1.54, 1.807) is 16.3 Å². The third-order valence-electron chi connectivity index (χ3n) is 5.13. The summed E-state index contributed by atoms with van der Waals surface area (Å²) < 4.78 is 10.1. The first-order valence-electron chi connectivity index (χ1n) is 10.5. The van der Waals surface area contributed by atoms with E-state index in [1.165, 1.54) is 16.9 Å². The van der Waals surface area contributed by atoms with E-state index in [1.807, 2.05) is 58.3 Å². The Labute approximate surface area is 193 Å². The summed E-state index contributed by atoms with van der Waals surface area (Å²) in [7, 11) is 0. The Kier molecular flexibility index (Phi) is 5.96. The van der Waals surface area contributed by atoms with Crippen molar-refractivity contribution in [1.29, 1.82) is 0 Å². The van der Waals surface area contributed by atoms with Crippen molar-refractivity contribution in [2.24, 2.45) is 0 Å². The van der Waals surface area contributed by atoms with Crippen molar-refractivity contribution in [1.82, 2.24) is 19.2 Å². The first-order valence-corrected chi connectivity index (χ1v) is 12.3. The van der Waals surface area contributed by atoms with Crippen LogP contribution in [0.2, 0.25) is 0 Å². The van der Waals surface area contributed by atoms with Crippen LogP contribution in [0.1, 0.15) is 24.5 Å². The van der Waals surface area contributed by atoms with E-state index in [4.69, 9.17) is 4.74 Å². The van der Waals surface area contributed by atoms with Gasteiger partial charge in [0.05, 0.1) is 18.7 Å². The maximum Gasteiger partial charge on any atom is 0.273 e. The Balaban J connectivity index is 1.51. The minimum Gasteiger partial charge on any atom is -0.494 e. The predicted octanol–water partition coefficient (Wildman–Crippen LogP) is 5.24. The molecule has 0 bridgehead atoms. The number of thiophene rings is 1. The monoisotopic (exact) mass is 462 g/mol. The summed E-state index contributed by atoms with van der Waals surface area (Å²) in [5, 5.41) is 11.6. The Morgan fingerprint density at radius 1 is 1.00 bits per heavy atom. The van der Waals surface area contributed by atoms with Gasteiger partial charge in [0.2, 0.25) is 5.78 Å². The van der Waals surface area contributed by atoms with Crippen LogP contribution in [-0.4, -0.2) is 25.8 Å². The molecule has 0 spiro atoms. The van der Waals surface area contributed by atoms with E-state index in [2.05, 4.69) is 29.3 Å². The van der Waals surface area contributed by atoms with E-state index in [0.29, 0.717) is 23.6 Å². The zero-order valence-corrected chi connectivity index (χ0v) is 19.2. The molecule has 3 heterocycles. The zero-order chi connectivity index (χ0) is 21.9. The van der Waals surface area contributed by atoms with E-state index < -0.39 is 0 Å². The molecular weight excluding hydrogens is 440 g/mol. The minimum atomic E-state index is -0.0409. The van der Waals surface area contributed by atoms with Crippen LogP contribution in [0.25, 0.3) is 16.0 Å². The first kappa shape index (κ1) is 20.8. The van der Waals surface area contributed by atoms with Gasteiger partial charge in [-0.3, -0.25) is 13.8 Å². The normalized spacial score (nSPS) is 11.4. The number of thioether (sulfide) groups is 1. The summed E-state index contributed by atoms with van der Waals surface area (Å²) in [4.78, 5) is 13.3. The van der Waals surface area contributed by atoms with Crippen LogP contribution in [0.5, 0.6) is 5.75 Å². The third-order valence-corrected chi connectivity index (χ3v) is 7.02. The molecule has 0 saturated carbocycles. The standard InChI is InChI=1S/C24H22N4O2S2/c1-2-13-30-19-10-8-17(9-11-19)15-27-22(29)21-20(12-14-31-21)28-23(27)25-26-24(28)32-16-18-6-4-3-5-7-18/h3-12,14H,2,13,15-16H2,1H3. The fraction of sp³-hybridized carbons (Fsp3) is 0.208. The number of hydrogen-bond acceptors (Lipinski definition) is 6. The molecule has 0 aliphatic rings. The largest absolute Gasteiger partial charge is 0.494 e. The zero-order valence-electron chi connectivity index (χ0n) is 17.6. The van der Waals surface area contributed by atoms with Gasteiger partial charge in [0.25, 0.3) is 5.56 Å². The van der Waals surface area contributed by atoms with E-state index in [9.17, 15) is 4.79 Å². The van der Waals surface area contributed by atoms with Crippen molar-refractivity contribution in [3.8, 4) is 5.75 Å². The minimum absolute atomic E-state index is 0.0409. The Hall–Kier alpha value is -3.10. The summed E-state index contributed by atoms with van der Waals surface area (Å²) in [6, 6.07) is 20.1. The van der Waals surface area contributed by atoms with Crippen LogP contribution in [0.3, 0.4) is 0 Å². The molecule has 0 radical (unpaired) electrons. The fourth-order valence-corrected chi connectivity index (χ4v) is 5.27. The van der Waals surface area contributed by atoms with Crippen molar-refractivity contribution in [3.63, 3.8) is 0 Å². The smallest absolute Gasteiger partial charge is 0.273 e. The quantitative estimate of drug-likeness (QED) is 0.295. The van der Waals surface area contributed by atoms with Crippen molar-refractivity contribution in [2.45, 2.75) is 30.8 Å². The molecule has 0 unspecified atom stereocenters. The lowest BCUT2D eigenvalue weighted by Crippen LogP contribution is -2.23. The number of hydrogen-bond donors (Lipinski definition) is 0. The molecule has 0 fully saturated rings. The maximum atomic E-state index is 13.3. The Morgan fingerprint density at radius 2 is 1.81 bits per heavy atom. The van der Waals surface area contributed by atoms with Crippen LogP contribution in [0, 0.1) is 0 Å². The van der Waals surface area contributed by atoms with Crippen LogP contribution in [-0.2, 0) is 12.3 Å². The fourth-order valence-electron chi connectivity index (χ4n) is 3.55. The highest BCUT2D eigenvalue weighted by Gasteiger charge is 2.18. The summed E-state index contributed by atoms with van der Waals surface area (Å²) >= 11 is 3.07.